The van der Waals surface area contributed by atoms with Gasteiger partial charge in [0.1, 0.15) is 11.6 Å². The molecule has 1 aliphatic heterocycles. The minimum Gasteiger partial charge on any atom is -0.495 e. The molecule has 2 N–H and O–H groups in total. The normalized spacial score (nSPS) is 18.0. The number of H-pyrrole nitrogens is 1. The second-order valence-corrected chi connectivity index (χ2v) is 11.0. The predicted molar refractivity (Wildman–Crippen MR) is 123 cm³/mol. The van der Waals surface area contributed by atoms with Gasteiger partial charge in [-0.2, -0.15) is 4.31 Å². The number of carbonyl (C=O) groups is 1. The molecular formula is C21H29N5O4S2. The lowest BCUT2D eigenvalue weighted by Gasteiger charge is -2.26. The number of methoxy groups -OCH3 is 1. The van der Waals surface area contributed by atoms with Crippen molar-refractivity contribution < 1.29 is 17.9 Å². The minimum absolute atomic E-state index is 0.105. The highest BCUT2D eigenvalue weighted by atomic mass is 32.2. The molecule has 2 aliphatic rings. The molecule has 1 saturated heterocycles. The fraction of sp³-hybridized carbons (Fsp3) is 0.571. The van der Waals surface area contributed by atoms with Gasteiger partial charge < -0.3 is 10.1 Å². The fourth-order valence-corrected chi connectivity index (χ4v) is 6.37. The number of benzene rings is 1. The van der Waals surface area contributed by atoms with Gasteiger partial charge in [-0.25, -0.2) is 13.4 Å². The minimum atomic E-state index is -3.61. The average Bonchev–Trinajstić information content (AvgIpc) is 3.50. The van der Waals surface area contributed by atoms with Gasteiger partial charge >= 0.3 is 0 Å². The Morgan fingerprint density at radius 3 is 2.69 bits per heavy atom. The van der Waals surface area contributed by atoms with Gasteiger partial charge in [0.25, 0.3) is 0 Å². The van der Waals surface area contributed by atoms with Crippen LogP contribution >= 0.6 is 11.8 Å². The van der Waals surface area contributed by atoms with Crippen LogP contribution in [-0.4, -0.2) is 59.8 Å². The lowest BCUT2D eigenvalue weighted by Crippen LogP contribution is -2.35. The van der Waals surface area contributed by atoms with Gasteiger partial charge in [-0.15, -0.1) is 5.10 Å². The van der Waals surface area contributed by atoms with E-state index in [0.717, 1.165) is 37.9 Å². The average molecular weight is 480 g/mol. The molecule has 2 aromatic rings. The SMILES string of the molecule is COc1ccc(S(=O)(=O)N2CCCCC2)cc1NC(=O)CSc1n[nH]c(C2CCCC2)n1. The van der Waals surface area contributed by atoms with E-state index >= 15 is 0 Å². The van der Waals surface area contributed by atoms with Crippen LogP contribution < -0.4 is 10.1 Å². The van der Waals surface area contributed by atoms with Crippen LogP contribution in [0.2, 0.25) is 0 Å². The monoisotopic (exact) mass is 479 g/mol. The van der Waals surface area contributed by atoms with Crippen molar-refractivity contribution >= 4 is 33.4 Å². The smallest absolute Gasteiger partial charge is 0.243 e. The third-order valence-electron chi connectivity index (χ3n) is 5.95. The number of hydrogen-bond acceptors (Lipinski definition) is 7. The number of anilines is 1. The van der Waals surface area contributed by atoms with Crippen molar-refractivity contribution in [3.05, 3.63) is 24.0 Å². The molecule has 2 heterocycles. The van der Waals surface area contributed by atoms with E-state index in [1.54, 1.807) is 6.07 Å². The summed E-state index contributed by atoms with van der Waals surface area (Å²) >= 11 is 1.24. The topological polar surface area (TPSA) is 117 Å². The van der Waals surface area contributed by atoms with Crippen LogP contribution in [-0.2, 0) is 14.8 Å². The third kappa shape index (κ3) is 5.26. The summed E-state index contributed by atoms with van der Waals surface area (Å²) in [6.45, 7) is 1.04. The molecule has 1 aromatic heterocycles. The number of aromatic nitrogens is 3. The van der Waals surface area contributed by atoms with Gasteiger partial charge in [-0.3, -0.25) is 9.89 Å². The maximum Gasteiger partial charge on any atom is 0.243 e. The molecule has 1 saturated carbocycles. The Morgan fingerprint density at radius 2 is 1.97 bits per heavy atom. The molecule has 0 bridgehead atoms. The van der Waals surface area contributed by atoms with Crippen LogP contribution in [0.4, 0.5) is 5.69 Å². The van der Waals surface area contributed by atoms with Gasteiger partial charge in [0.2, 0.25) is 21.1 Å². The maximum absolute atomic E-state index is 13.0. The van der Waals surface area contributed by atoms with E-state index in [0.29, 0.717) is 35.6 Å². The number of carbonyl (C=O) groups excluding carboxylic acids is 1. The number of ether oxygens (including phenoxy) is 1. The van der Waals surface area contributed by atoms with E-state index in [1.807, 2.05) is 0 Å². The zero-order valence-corrected chi connectivity index (χ0v) is 19.8. The Morgan fingerprint density at radius 1 is 1.22 bits per heavy atom. The van der Waals surface area contributed by atoms with E-state index in [4.69, 9.17) is 4.74 Å². The van der Waals surface area contributed by atoms with Crippen molar-refractivity contribution in [3.63, 3.8) is 0 Å². The number of nitrogens with zero attached hydrogens (tertiary/aromatic N) is 3. The third-order valence-corrected chi connectivity index (χ3v) is 8.70. The first-order chi connectivity index (χ1) is 15.5. The highest BCUT2D eigenvalue weighted by Crippen LogP contribution is 2.33. The second-order valence-electron chi connectivity index (χ2n) is 8.15. The standard InChI is InChI=1S/C21H29N5O4S2/c1-30-18-10-9-16(32(28,29)26-11-5-2-6-12-26)13-17(18)22-19(27)14-31-21-23-20(24-25-21)15-7-3-4-8-15/h9-10,13,15H,2-8,11-12,14H2,1H3,(H,22,27)(H,23,24,25). The van der Waals surface area contributed by atoms with Crippen molar-refractivity contribution in [3.8, 4) is 5.75 Å². The zero-order valence-electron chi connectivity index (χ0n) is 18.2. The molecule has 11 heteroatoms. The summed E-state index contributed by atoms with van der Waals surface area (Å²) in [5.74, 6) is 1.55. The summed E-state index contributed by atoms with van der Waals surface area (Å²) in [5, 5.41) is 10.5. The number of rotatable bonds is 8. The highest BCUT2D eigenvalue weighted by molar-refractivity contribution is 7.99. The van der Waals surface area contributed by atoms with E-state index in [-0.39, 0.29) is 16.6 Å². The first kappa shape index (κ1) is 23.1. The molecule has 2 fully saturated rings. The van der Waals surface area contributed by atoms with Crippen molar-refractivity contribution in [1.82, 2.24) is 19.5 Å². The Bertz CT molecular complexity index is 1040. The number of sulfonamides is 1. The number of piperidine rings is 1. The summed E-state index contributed by atoms with van der Waals surface area (Å²) < 4.78 is 32.8. The summed E-state index contributed by atoms with van der Waals surface area (Å²) in [5.41, 5.74) is 0.331. The highest BCUT2D eigenvalue weighted by Gasteiger charge is 2.27. The lowest BCUT2D eigenvalue weighted by atomic mass is 10.1. The van der Waals surface area contributed by atoms with Gasteiger partial charge in [0.05, 0.1) is 23.4 Å². The second kappa shape index (κ2) is 10.2. The first-order valence-corrected chi connectivity index (χ1v) is 13.4. The largest absolute Gasteiger partial charge is 0.495 e. The van der Waals surface area contributed by atoms with Gasteiger partial charge in [0, 0.05) is 19.0 Å². The molecule has 32 heavy (non-hydrogen) atoms. The van der Waals surface area contributed by atoms with Crippen LogP contribution in [0.1, 0.15) is 56.7 Å². The van der Waals surface area contributed by atoms with Crippen LogP contribution in [0.15, 0.2) is 28.3 Å². The molecule has 0 spiro atoms. The quantitative estimate of drug-likeness (QED) is 0.557. The molecule has 9 nitrogen and oxygen atoms in total. The summed E-state index contributed by atoms with van der Waals surface area (Å²) in [7, 11) is -2.13. The Kier molecular flexibility index (Phi) is 7.37. The molecule has 1 amide bonds. The molecule has 0 atom stereocenters. The molecule has 1 aliphatic carbocycles. The van der Waals surface area contributed by atoms with Crippen molar-refractivity contribution in [1.29, 1.82) is 0 Å². The first-order valence-electron chi connectivity index (χ1n) is 11.0. The van der Waals surface area contributed by atoms with Crippen molar-refractivity contribution in [2.45, 2.75) is 60.9 Å². The number of hydrogen-bond donors (Lipinski definition) is 2. The molecule has 0 radical (unpaired) electrons. The van der Waals surface area contributed by atoms with Gasteiger partial charge in [-0.1, -0.05) is 31.0 Å². The lowest BCUT2D eigenvalue weighted by molar-refractivity contribution is -0.113. The summed E-state index contributed by atoms with van der Waals surface area (Å²) in [6, 6.07) is 4.56. The van der Waals surface area contributed by atoms with Crippen LogP contribution in [0, 0.1) is 0 Å². The Labute approximate surface area is 192 Å². The van der Waals surface area contributed by atoms with E-state index in [9.17, 15) is 13.2 Å². The van der Waals surface area contributed by atoms with Crippen LogP contribution in [0.5, 0.6) is 5.75 Å². The number of aromatic amines is 1. The predicted octanol–water partition coefficient (Wildman–Crippen LogP) is 3.38. The number of thioether (sulfide) groups is 1. The number of nitrogens with one attached hydrogen (secondary N) is 2. The molecule has 1 aromatic carbocycles. The van der Waals surface area contributed by atoms with E-state index in [1.165, 1.54) is 48.2 Å². The molecule has 174 valence electrons. The zero-order chi connectivity index (χ0) is 22.6. The van der Waals surface area contributed by atoms with Gasteiger partial charge in [-0.05, 0) is 43.9 Å². The molecular weight excluding hydrogens is 450 g/mol. The fourth-order valence-electron chi connectivity index (χ4n) is 4.22. The van der Waals surface area contributed by atoms with Crippen LogP contribution in [0.3, 0.4) is 0 Å². The van der Waals surface area contributed by atoms with E-state index < -0.39 is 10.0 Å². The molecule has 4 rings (SSSR count). The van der Waals surface area contributed by atoms with E-state index in [2.05, 4.69) is 20.5 Å². The number of amides is 1. The summed E-state index contributed by atoms with van der Waals surface area (Å²) in [6.07, 6.45) is 7.43. The molecule has 0 unspecified atom stereocenters. The Hall–Kier alpha value is -2.11. The summed E-state index contributed by atoms with van der Waals surface area (Å²) in [4.78, 5) is 17.2. The van der Waals surface area contributed by atoms with Crippen molar-refractivity contribution in [2.24, 2.45) is 0 Å². The van der Waals surface area contributed by atoms with Crippen molar-refractivity contribution in [2.75, 3.05) is 31.3 Å². The van der Waals surface area contributed by atoms with Gasteiger partial charge in [0.15, 0.2) is 0 Å². The Balaban J connectivity index is 1.41. The maximum atomic E-state index is 13.0. The van der Waals surface area contributed by atoms with Crippen LogP contribution in [0.25, 0.3) is 0 Å².